The quantitative estimate of drug-likeness (QED) is 0.616. The molecule has 1 saturated carbocycles. The van der Waals surface area contributed by atoms with Crippen LogP contribution in [0.15, 0.2) is 24.3 Å². The van der Waals surface area contributed by atoms with Crippen LogP contribution in [-0.2, 0) is 0 Å². The first-order chi connectivity index (χ1) is 8.20. The predicted molar refractivity (Wildman–Crippen MR) is 68.6 cm³/mol. The van der Waals surface area contributed by atoms with Crippen molar-refractivity contribution >= 4 is 11.6 Å². The minimum atomic E-state index is 0.0838. The van der Waals surface area contributed by atoms with E-state index in [2.05, 4.69) is 5.43 Å². The number of hydrazine groups is 1. The molecule has 3 N–H and O–H groups in total. The number of nitrogens with zero attached hydrogens (tertiary/aromatic N) is 1. The molecule has 4 nitrogen and oxygen atoms in total. The minimum Gasteiger partial charge on any atom is -0.341 e. The highest BCUT2D eigenvalue weighted by Gasteiger charge is 2.21. The third-order valence-corrected chi connectivity index (χ3v) is 3.40. The van der Waals surface area contributed by atoms with Crippen molar-refractivity contribution in [1.29, 1.82) is 0 Å². The topological polar surface area (TPSA) is 58.4 Å². The van der Waals surface area contributed by atoms with Gasteiger partial charge in [-0.05, 0) is 43.0 Å². The molecule has 0 spiro atoms. The number of nitrogens with one attached hydrogen (secondary N) is 1. The second-order valence-electron chi connectivity index (χ2n) is 4.70. The smallest absolute Gasteiger partial charge is 0.253 e. The lowest BCUT2D eigenvalue weighted by Crippen LogP contribution is -2.34. The van der Waals surface area contributed by atoms with E-state index in [1.54, 1.807) is 12.1 Å². The van der Waals surface area contributed by atoms with Gasteiger partial charge in [0, 0.05) is 24.8 Å². The molecule has 1 aliphatic rings. The first kappa shape index (κ1) is 11.9. The van der Waals surface area contributed by atoms with Gasteiger partial charge in [0.15, 0.2) is 0 Å². The molecule has 0 atom stereocenters. The van der Waals surface area contributed by atoms with Crippen molar-refractivity contribution in [1.82, 2.24) is 4.90 Å². The van der Waals surface area contributed by atoms with Crippen LogP contribution in [0, 0.1) is 5.92 Å². The Bertz CT molecular complexity index is 384. The van der Waals surface area contributed by atoms with E-state index < -0.39 is 0 Å². The average Bonchev–Trinajstić information content (AvgIpc) is 2.32. The molecule has 0 unspecified atom stereocenters. The molecule has 2 rings (SSSR count). The highest BCUT2D eigenvalue weighted by atomic mass is 16.2. The van der Waals surface area contributed by atoms with E-state index >= 15 is 0 Å². The van der Waals surface area contributed by atoms with Gasteiger partial charge in [0.05, 0.1) is 0 Å². The van der Waals surface area contributed by atoms with Crippen molar-refractivity contribution in [3.05, 3.63) is 29.8 Å². The summed E-state index contributed by atoms with van der Waals surface area (Å²) in [6.07, 6.45) is 3.82. The van der Waals surface area contributed by atoms with Crippen molar-refractivity contribution in [2.24, 2.45) is 11.8 Å². The minimum absolute atomic E-state index is 0.0838. The van der Waals surface area contributed by atoms with Crippen LogP contribution in [0.4, 0.5) is 5.69 Å². The van der Waals surface area contributed by atoms with E-state index in [1.165, 1.54) is 19.3 Å². The lowest BCUT2D eigenvalue weighted by molar-refractivity contribution is 0.0745. The van der Waals surface area contributed by atoms with E-state index in [1.807, 2.05) is 24.1 Å². The van der Waals surface area contributed by atoms with Crippen LogP contribution >= 0.6 is 0 Å². The zero-order chi connectivity index (χ0) is 12.3. The maximum absolute atomic E-state index is 12.1. The molecule has 92 valence electrons. The van der Waals surface area contributed by atoms with Crippen molar-refractivity contribution in [3.63, 3.8) is 0 Å². The summed E-state index contributed by atoms with van der Waals surface area (Å²) in [6.45, 7) is 0.871. The fourth-order valence-corrected chi connectivity index (χ4v) is 2.07. The van der Waals surface area contributed by atoms with Gasteiger partial charge in [-0.1, -0.05) is 6.42 Å². The van der Waals surface area contributed by atoms with Crippen LogP contribution in [0.5, 0.6) is 0 Å². The van der Waals surface area contributed by atoms with Crippen molar-refractivity contribution in [2.75, 3.05) is 19.0 Å². The molecular weight excluding hydrogens is 214 g/mol. The summed E-state index contributed by atoms with van der Waals surface area (Å²) in [5, 5.41) is 0. The van der Waals surface area contributed by atoms with Gasteiger partial charge in [-0.25, -0.2) is 0 Å². The van der Waals surface area contributed by atoms with Gasteiger partial charge in [-0.2, -0.15) is 0 Å². The summed E-state index contributed by atoms with van der Waals surface area (Å²) in [6, 6.07) is 7.22. The van der Waals surface area contributed by atoms with E-state index in [4.69, 9.17) is 5.84 Å². The van der Waals surface area contributed by atoms with Crippen LogP contribution in [0.2, 0.25) is 0 Å². The van der Waals surface area contributed by atoms with Crippen molar-refractivity contribution < 1.29 is 4.79 Å². The molecule has 0 heterocycles. The molecule has 0 radical (unpaired) electrons. The highest BCUT2D eigenvalue weighted by molar-refractivity contribution is 5.94. The number of rotatable bonds is 4. The summed E-state index contributed by atoms with van der Waals surface area (Å²) in [7, 11) is 1.87. The summed E-state index contributed by atoms with van der Waals surface area (Å²) in [5.74, 6) is 6.07. The third-order valence-electron chi connectivity index (χ3n) is 3.40. The Morgan fingerprint density at radius 1 is 1.41 bits per heavy atom. The Morgan fingerprint density at radius 2 is 2.06 bits per heavy atom. The number of nitrogens with two attached hydrogens (primary N) is 1. The Kier molecular flexibility index (Phi) is 3.64. The normalized spacial score (nSPS) is 15.2. The number of carbonyl (C=O) groups is 1. The zero-order valence-corrected chi connectivity index (χ0v) is 10.1. The molecule has 4 heteroatoms. The number of hydrogen-bond donors (Lipinski definition) is 2. The molecule has 1 aromatic carbocycles. The summed E-state index contributed by atoms with van der Waals surface area (Å²) >= 11 is 0. The van der Waals surface area contributed by atoms with E-state index in [0.717, 1.165) is 12.2 Å². The third kappa shape index (κ3) is 2.77. The number of nitrogen functional groups attached to an aromatic ring is 1. The summed E-state index contributed by atoms with van der Waals surface area (Å²) in [5.41, 5.74) is 4.07. The fraction of sp³-hybridized carbons (Fsp3) is 0.462. The second kappa shape index (κ2) is 5.19. The van der Waals surface area contributed by atoms with Gasteiger partial charge in [0.1, 0.15) is 0 Å². The second-order valence-corrected chi connectivity index (χ2v) is 4.70. The first-order valence-electron chi connectivity index (χ1n) is 6.03. The molecule has 1 fully saturated rings. The van der Waals surface area contributed by atoms with Crippen LogP contribution < -0.4 is 11.3 Å². The SMILES string of the molecule is CN(CC1CCC1)C(=O)c1ccc(NN)cc1. The molecule has 0 aliphatic heterocycles. The zero-order valence-electron chi connectivity index (χ0n) is 10.1. The number of benzene rings is 1. The number of carbonyl (C=O) groups excluding carboxylic acids is 1. The Labute approximate surface area is 102 Å². The van der Waals surface area contributed by atoms with Gasteiger partial charge >= 0.3 is 0 Å². The highest BCUT2D eigenvalue weighted by Crippen LogP contribution is 2.27. The molecule has 0 bridgehead atoms. The van der Waals surface area contributed by atoms with Crippen LogP contribution in [0.25, 0.3) is 0 Å². The molecule has 1 aliphatic carbocycles. The Balaban J connectivity index is 1.96. The van der Waals surface area contributed by atoms with E-state index in [0.29, 0.717) is 11.5 Å². The van der Waals surface area contributed by atoms with Crippen LogP contribution in [0.1, 0.15) is 29.6 Å². The van der Waals surface area contributed by atoms with Gasteiger partial charge in [-0.3, -0.25) is 10.6 Å². The molecule has 0 aromatic heterocycles. The molecular formula is C13H19N3O. The summed E-state index contributed by atoms with van der Waals surface area (Å²) in [4.78, 5) is 13.9. The summed E-state index contributed by atoms with van der Waals surface area (Å²) < 4.78 is 0. The van der Waals surface area contributed by atoms with E-state index in [-0.39, 0.29) is 5.91 Å². The lowest BCUT2D eigenvalue weighted by Gasteiger charge is -2.30. The van der Waals surface area contributed by atoms with Crippen LogP contribution in [-0.4, -0.2) is 24.4 Å². The Morgan fingerprint density at radius 3 is 2.53 bits per heavy atom. The number of hydrogen-bond acceptors (Lipinski definition) is 3. The largest absolute Gasteiger partial charge is 0.341 e. The van der Waals surface area contributed by atoms with E-state index in [9.17, 15) is 4.79 Å². The van der Waals surface area contributed by atoms with Gasteiger partial charge in [0.2, 0.25) is 0 Å². The van der Waals surface area contributed by atoms with Gasteiger partial charge < -0.3 is 10.3 Å². The fourth-order valence-electron chi connectivity index (χ4n) is 2.07. The van der Waals surface area contributed by atoms with Gasteiger partial charge in [0.25, 0.3) is 5.91 Å². The van der Waals surface area contributed by atoms with Crippen molar-refractivity contribution in [2.45, 2.75) is 19.3 Å². The van der Waals surface area contributed by atoms with Crippen molar-refractivity contribution in [3.8, 4) is 0 Å². The Hall–Kier alpha value is -1.55. The maximum atomic E-state index is 12.1. The monoisotopic (exact) mass is 233 g/mol. The standard InChI is InChI=1S/C13H19N3O/c1-16(9-10-3-2-4-10)13(17)11-5-7-12(15-14)8-6-11/h5-8,10,15H,2-4,9,14H2,1H3. The van der Waals surface area contributed by atoms with Crippen LogP contribution in [0.3, 0.4) is 0 Å². The molecule has 1 aromatic rings. The average molecular weight is 233 g/mol. The molecule has 1 amide bonds. The number of amides is 1. The molecule has 17 heavy (non-hydrogen) atoms. The first-order valence-corrected chi connectivity index (χ1v) is 6.03. The van der Waals surface area contributed by atoms with Gasteiger partial charge in [-0.15, -0.1) is 0 Å². The predicted octanol–water partition coefficient (Wildman–Crippen LogP) is 1.84. The lowest BCUT2D eigenvalue weighted by atomic mass is 9.85. The molecule has 0 saturated heterocycles. The number of anilines is 1. The maximum Gasteiger partial charge on any atom is 0.253 e.